The van der Waals surface area contributed by atoms with Crippen LogP contribution >= 0.6 is 0 Å². The van der Waals surface area contributed by atoms with Crippen molar-refractivity contribution in [2.75, 3.05) is 0 Å². The summed E-state index contributed by atoms with van der Waals surface area (Å²) in [4.78, 5) is 10.7. The maximum Gasteiger partial charge on any atom is 0.371 e. The average molecular weight is 264 g/mol. The number of hydrogen-bond donors (Lipinski definition) is 1. The van der Waals surface area contributed by atoms with E-state index in [4.69, 9.17) is 14.3 Å². The summed E-state index contributed by atoms with van der Waals surface area (Å²) >= 11 is 0. The van der Waals surface area contributed by atoms with Crippen LogP contribution in [0.3, 0.4) is 0 Å². The molecule has 1 heterocycles. The van der Waals surface area contributed by atoms with Gasteiger partial charge < -0.3 is 14.3 Å². The van der Waals surface area contributed by atoms with Crippen molar-refractivity contribution in [2.45, 2.75) is 20.5 Å². The van der Waals surface area contributed by atoms with Crippen LogP contribution in [-0.4, -0.2) is 11.1 Å². The van der Waals surface area contributed by atoms with E-state index in [0.717, 1.165) is 0 Å². The summed E-state index contributed by atoms with van der Waals surface area (Å²) in [7, 11) is 0. The number of rotatable bonds is 4. The van der Waals surface area contributed by atoms with E-state index < -0.39 is 5.97 Å². The van der Waals surface area contributed by atoms with Gasteiger partial charge in [0.25, 0.3) is 0 Å². The Labute approximate surface area is 109 Å². The highest BCUT2D eigenvalue weighted by Crippen LogP contribution is 2.20. The van der Waals surface area contributed by atoms with E-state index in [1.807, 2.05) is 0 Å². The van der Waals surface area contributed by atoms with Gasteiger partial charge in [-0.1, -0.05) is 6.07 Å². The molecule has 0 bridgehead atoms. The molecular formula is C14H13FO4. The predicted molar refractivity (Wildman–Crippen MR) is 65.9 cm³/mol. The standard InChI is InChI=1S/C14H13FO4/c1-8-3-4-11(6-12(8)15)18-7-10-5-13(14(16)17)19-9(10)2/h3-6H,7H2,1-2H3,(H,16,17). The van der Waals surface area contributed by atoms with Crippen LogP contribution in [0.15, 0.2) is 28.7 Å². The summed E-state index contributed by atoms with van der Waals surface area (Å²) in [5.74, 6) is -0.736. The minimum Gasteiger partial charge on any atom is -0.489 e. The first-order valence-corrected chi connectivity index (χ1v) is 5.69. The molecule has 0 spiro atoms. The van der Waals surface area contributed by atoms with E-state index >= 15 is 0 Å². The van der Waals surface area contributed by atoms with Crippen molar-refractivity contribution >= 4 is 5.97 Å². The van der Waals surface area contributed by atoms with Crippen molar-refractivity contribution in [3.63, 3.8) is 0 Å². The molecule has 2 aromatic rings. The summed E-state index contributed by atoms with van der Waals surface area (Å²) in [5, 5.41) is 8.79. The van der Waals surface area contributed by atoms with Crippen molar-refractivity contribution in [3.8, 4) is 5.75 Å². The minimum absolute atomic E-state index is 0.130. The Morgan fingerprint density at radius 1 is 1.37 bits per heavy atom. The Morgan fingerprint density at radius 3 is 2.68 bits per heavy atom. The summed E-state index contributed by atoms with van der Waals surface area (Å²) in [6.45, 7) is 3.45. The summed E-state index contributed by atoms with van der Waals surface area (Å²) in [5.41, 5.74) is 1.17. The van der Waals surface area contributed by atoms with Crippen LogP contribution < -0.4 is 4.74 Å². The second kappa shape index (κ2) is 5.14. The third-order valence-corrected chi connectivity index (χ3v) is 2.77. The Hall–Kier alpha value is -2.30. The van der Waals surface area contributed by atoms with E-state index in [-0.39, 0.29) is 18.2 Å². The van der Waals surface area contributed by atoms with E-state index in [0.29, 0.717) is 22.6 Å². The number of carboxylic acids is 1. The third kappa shape index (κ3) is 2.93. The number of carboxylic acid groups (broad SMARTS) is 1. The van der Waals surface area contributed by atoms with Crippen LogP contribution in [0, 0.1) is 19.7 Å². The number of hydrogen-bond acceptors (Lipinski definition) is 3. The molecule has 100 valence electrons. The predicted octanol–water partition coefficient (Wildman–Crippen LogP) is 3.31. The number of halogens is 1. The topological polar surface area (TPSA) is 59.7 Å². The van der Waals surface area contributed by atoms with Gasteiger partial charge in [0.2, 0.25) is 5.76 Å². The molecule has 4 nitrogen and oxygen atoms in total. The monoisotopic (exact) mass is 264 g/mol. The molecule has 0 unspecified atom stereocenters. The maximum atomic E-state index is 13.3. The molecule has 0 amide bonds. The first-order chi connectivity index (χ1) is 8.97. The number of furan rings is 1. The zero-order chi connectivity index (χ0) is 14.0. The van der Waals surface area contributed by atoms with E-state index in [9.17, 15) is 9.18 Å². The number of ether oxygens (including phenoxy) is 1. The lowest BCUT2D eigenvalue weighted by molar-refractivity contribution is 0.0661. The molecule has 0 radical (unpaired) electrons. The highest BCUT2D eigenvalue weighted by atomic mass is 19.1. The van der Waals surface area contributed by atoms with E-state index in [1.165, 1.54) is 12.1 Å². The van der Waals surface area contributed by atoms with Gasteiger partial charge in [-0.3, -0.25) is 0 Å². The maximum absolute atomic E-state index is 13.3. The van der Waals surface area contributed by atoms with Crippen LogP contribution in [0.5, 0.6) is 5.75 Å². The molecular weight excluding hydrogens is 251 g/mol. The minimum atomic E-state index is -1.13. The van der Waals surface area contributed by atoms with Gasteiger partial charge in [0, 0.05) is 11.6 Å². The number of carbonyl (C=O) groups is 1. The zero-order valence-electron chi connectivity index (χ0n) is 10.6. The van der Waals surface area contributed by atoms with Crippen molar-refractivity contribution in [1.82, 2.24) is 0 Å². The lowest BCUT2D eigenvalue weighted by atomic mass is 10.2. The Bertz CT molecular complexity index is 616. The SMILES string of the molecule is Cc1ccc(OCc2cc(C(=O)O)oc2C)cc1F. The van der Waals surface area contributed by atoms with Gasteiger partial charge in [-0.25, -0.2) is 9.18 Å². The van der Waals surface area contributed by atoms with Crippen molar-refractivity contribution in [2.24, 2.45) is 0 Å². The van der Waals surface area contributed by atoms with Gasteiger partial charge >= 0.3 is 5.97 Å². The Balaban J connectivity index is 2.09. The fourth-order valence-corrected chi connectivity index (χ4v) is 1.59. The van der Waals surface area contributed by atoms with Crippen LogP contribution in [0.4, 0.5) is 4.39 Å². The Kier molecular flexibility index (Phi) is 3.55. The van der Waals surface area contributed by atoms with Crippen LogP contribution in [0.2, 0.25) is 0 Å². The first-order valence-electron chi connectivity index (χ1n) is 5.69. The van der Waals surface area contributed by atoms with Gasteiger partial charge in [0.05, 0.1) is 0 Å². The quantitative estimate of drug-likeness (QED) is 0.920. The second-order valence-corrected chi connectivity index (χ2v) is 4.20. The summed E-state index contributed by atoms with van der Waals surface area (Å²) < 4.78 is 23.8. The molecule has 0 fully saturated rings. The molecule has 19 heavy (non-hydrogen) atoms. The first kappa shape index (κ1) is 13.1. The van der Waals surface area contributed by atoms with Gasteiger partial charge in [0.15, 0.2) is 0 Å². The molecule has 0 atom stereocenters. The van der Waals surface area contributed by atoms with E-state index in [1.54, 1.807) is 26.0 Å². The highest BCUT2D eigenvalue weighted by molar-refractivity contribution is 5.84. The zero-order valence-corrected chi connectivity index (χ0v) is 10.6. The molecule has 0 aliphatic heterocycles. The number of aryl methyl sites for hydroxylation is 2. The molecule has 0 aliphatic carbocycles. The van der Waals surface area contributed by atoms with Gasteiger partial charge in [-0.2, -0.15) is 0 Å². The molecule has 0 saturated carbocycles. The molecule has 1 N–H and O–H groups in total. The number of aromatic carboxylic acids is 1. The summed E-state index contributed by atoms with van der Waals surface area (Å²) in [6.07, 6.45) is 0. The lowest BCUT2D eigenvalue weighted by Gasteiger charge is -2.06. The van der Waals surface area contributed by atoms with Crippen molar-refractivity contribution in [1.29, 1.82) is 0 Å². The largest absolute Gasteiger partial charge is 0.489 e. The number of benzene rings is 1. The molecule has 5 heteroatoms. The average Bonchev–Trinajstić information content (AvgIpc) is 2.73. The normalized spacial score (nSPS) is 10.5. The smallest absolute Gasteiger partial charge is 0.371 e. The lowest BCUT2D eigenvalue weighted by Crippen LogP contribution is -1.97. The van der Waals surface area contributed by atoms with Gasteiger partial charge in [-0.15, -0.1) is 0 Å². The molecule has 0 aliphatic rings. The fraction of sp³-hybridized carbons (Fsp3) is 0.214. The fourth-order valence-electron chi connectivity index (χ4n) is 1.59. The Morgan fingerprint density at radius 2 is 2.11 bits per heavy atom. The third-order valence-electron chi connectivity index (χ3n) is 2.77. The summed E-state index contributed by atoms with van der Waals surface area (Å²) in [6, 6.07) is 5.98. The van der Waals surface area contributed by atoms with Crippen molar-refractivity contribution in [3.05, 3.63) is 52.7 Å². The second-order valence-electron chi connectivity index (χ2n) is 4.20. The van der Waals surface area contributed by atoms with Crippen molar-refractivity contribution < 1.29 is 23.4 Å². The van der Waals surface area contributed by atoms with E-state index in [2.05, 4.69) is 0 Å². The van der Waals surface area contributed by atoms with Crippen LogP contribution in [-0.2, 0) is 6.61 Å². The molecule has 1 aromatic heterocycles. The van der Waals surface area contributed by atoms with Crippen LogP contribution in [0.1, 0.15) is 27.4 Å². The van der Waals surface area contributed by atoms with Crippen LogP contribution in [0.25, 0.3) is 0 Å². The molecule has 0 saturated heterocycles. The highest BCUT2D eigenvalue weighted by Gasteiger charge is 2.13. The van der Waals surface area contributed by atoms with Gasteiger partial charge in [-0.05, 0) is 31.5 Å². The molecule has 1 aromatic carbocycles. The van der Waals surface area contributed by atoms with Gasteiger partial charge in [0.1, 0.15) is 23.9 Å². The molecule has 2 rings (SSSR count).